The zero-order valence-electron chi connectivity index (χ0n) is 16.4. The number of carbonyl (C=O) groups excluding carboxylic acids is 2. The average molecular weight is 408 g/mol. The average Bonchev–Trinajstić information content (AvgIpc) is 3.37. The van der Waals surface area contributed by atoms with Gasteiger partial charge < -0.3 is 14.7 Å². The van der Waals surface area contributed by atoms with Crippen LogP contribution in [0.15, 0.2) is 59.1 Å². The number of nitrogens with zero attached hydrogens (tertiary/aromatic N) is 3. The van der Waals surface area contributed by atoms with Gasteiger partial charge in [-0.2, -0.15) is 4.98 Å². The largest absolute Gasteiger partial charge is 0.344 e. The highest BCUT2D eigenvalue weighted by Gasteiger charge is 2.35. The van der Waals surface area contributed by atoms with E-state index in [0.29, 0.717) is 24.5 Å². The monoisotopic (exact) mass is 408 g/mol. The van der Waals surface area contributed by atoms with Crippen LogP contribution in [0.4, 0.5) is 4.39 Å². The molecule has 0 radical (unpaired) electrons. The summed E-state index contributed by atoms with van der Waals surface area (Å²) >= 11 is 0. The zero-order valence-corrected chi connectivity index (χ0v) is 16.4. The van der Waals surface area contributed by atoms with Crippen LogP contribution < -0.4 is 5.32 Å². The maximum absolute atomic E-state index is 13.1. The van der Waals surface area contributed by atoms with Gasteiger partial charge in [0.2, 0.25) is 23.5 Å². The molecule has 1 aliphatic heterocycles. The second-order valence-electron chi connectivity index (χ2n) is 7.35. The Morgan fingerprint density at radius 2 is 1.97 bits per heavy atom. The molecule has 2 atom stereocenters. The smallest absolute Gasteiger partial charge is 0.249 e. The van der Waals surface area contributed by atoms with Gasteiger partial charge in [0.15, 0.2) is 0 Å². The number of nitrogens with one attached hydrogen (secondary N) is 1. The molecule has 0 bridgehead atoms. The molecular formula is C22H21FN4O3. The van der Waals surface area contributed by atoms with Crippen LogP contribution in [0.3, 0.4) is 0 Å². The van der Waals surface area contributed by atoms with E-state index in [1.54, 1.807) is 24.0 Å². The van der Waals surface area contributed by atoms with Gasteiger partial charge in [0.25, 0.3) is 0 Å². The van der Waals surface area contributed by atoms with Gasteiger partial charge in [-0.1, -0.05) is 35.5 Å². The van der Waals surface area contributed by atoms with Crippen molar-refractivity contribution in [1.29, 1.82) is 0 Å². The fraction of sp³-hybridized carbons (Fsp3) is 0.273. The van der Waals surface area contributed by atoms with Gasteiger partial charge in [0.05, 0.1) is 5.92 Å². The Morgan fingerprint density at radius 1 is 1.23 bits per heavy atom. The van der Waals surface area contributed by atoms with Crippen LogP contribution in [0.2, 0.25) is 0 Å². The van der Waals surface area contributed by atoms with Crippen molar-refractivity contribution in [3.63, 3.8) is 0 Å². The number of rotatable bonds is 6. The molecular weight excluding hydrogens is 387 g/mol. The lowest BCUT2D eigenvalue weighted by Gasteiger charge is -2.17. The molecule has 154 valence electrons. The summed E-state index contributed by atoms with van der Waals surface area (Å²) in [6, 6.07) is 14.9. The SMILES string of the molecule is CC(NC(=O)C1CC(=O)N(Cc2ccccc2)C1)c1nc(-c2ccc(F)cc2)no1. The van der Waals surface area contributed by atoms with Crippen LogP contribution in [-0.2, 0) is 16.1 Å². The molecule has 8 heteroatoms. The van der Waals surface area contributed by atoms with Crippen LogP contribution in [0.5, 0.6) is 0 Å². The first-order valence-corrected chi connectivity index (χ1v) is 9.71. The van der Waals surface area contributed by atoms with Crippen molar-refractivity contribution in [2.24, 2.45) is 5.92 Å². The third-order valence-electron chi connectivity index (χ3n) is 5.07. The van der Waals surface area contributed by atoms with Crippen LogP contribution in [0.25, 0.3) is 11.4 Å². The number of likely N-dealkylation sites (tertiary alicyclic amines) is 1. The van der Waals surface area contributed by atoms with E-state index < -0.39 is 12.0 Å². The van der Waals surface area contributed by atoms with Gasteiger partial charge in [0, 0.05) is 25.1 Å². The summed E-state index contributed by atoms with van der Waals surface area (Å²) in [6.07, 6.45) is 0.177. The molecule has 2 unspecified atom stereocenters. The van der Waals surface area contributed by atoms with Crippen molar-refractivity contribution in [1.82, 2.24) is 20.4 Å². The summed E-state index contributed by atoms with van der Waals surface area (Å²) in [5.41, 5.74) is 1.64. The third-order valence-corrected chi connectivity index (χ3v) is 5.07. The first-order chi connectivity index (χ1) is 14.5. The van der Waals surface area contributed by atoms with Gasteiger partial charge >= 0.3 is 0 Å². The second-order valence-corrected chi connectivity index (χ2v) is 7.35. The van der Waals surface area contributed by atoms with E-state index in [0.717, 1.165) is 5.56 Å². The summed E-state index contributed by atoms with van der Waals surface area (Å²) in [6.45, 7) is 2.60. The van der Waals surface area contributed by atoms with Crippen molar-refractivity contribution < 1.29 is 18.5 Å². The first-order valence-electron chi connectivity index (χ1n) is 9.71. The fourth-order valence-electron chi connectivity index (χ4n) is 3.42. The van der Waals surface area contributed by atoms with Crippen molar-refractivity contribution in [3.05, 3.63) is 71.9 Å². The van der Waals surface area contributed by atoms with E-state index in [2.05, 4.69) is 15.5 Å². The highest BCUT2D eigenvalue weighted by molar-refractivity contribution is 5.89. The van der Waals surface area contributed by atoms with E-state index in [1.807, 2.05) is 30.3 Å². The van der Waals surface area contributed by atoms with E-state index >= 15 is 0 Å². The quantitative estimate of drug-likeness (QED) is 0.677. The lowest BCUT2D eigenvalue weighted by atomic mass is 10.1. The van der Waals surface area contributed by atoms with Gasteiger partial charge in [-0.05, 0) is 36.8 Å². The van der Waals surface area contributed by atoms with Crippen molar-refractivity contribution >= 4 is 11.8 Å². The van der Waals surface area contributed by atoms with Crippen LogP contribution in [-0.4, -0.2) is 33.4 Å². The standard InChI is InChI=1S/C22H21FN4O3/c1-14(22-25-20(26-30-22)16-7-9-18(23)10-8-16)24-21(29)17-11-19(28)27(13-17)12-15-5-3-2-4-6-15/h2-10,14,17H,11-13H2,1H3,(H,24,29). The Labute approximate surface area is 172 Å². The third kappa shape index (κ3) is 4.37. The number of carbonyl (C=O) groups is 2. The Kier molecular flexibility index (Phi) is 5.56. The molecule has 1 saturated heterocycles. The first kappa shape index (κ1) is 19.8. The molecule has 1 aromatic heterocycles. The van der Waals surface area contributed by atoms with Crippen LogP contribution in [0.1, 0.15) is 30.8 Å². The minimum absolute atomic E-state index is 0.0388. The summed E-state index contributed by atoms with van der Waals surface area (Å²) in [7, 11) is 0. The van der Waals surface area contributed by atoms with E-state index in [1.165, 1.54) is 12.1 Å². The molecule has 2 aromatic carbocycles. The maximum Gasteiger partial charge on any atom is 0.249 e. The van der Waals surface area contributed by atoms with Crippen molar-refractivity contribution in [2.45, 2.75) is 25.9 Å². The Bertz CT molecular complexity index is 1040. The molecule has 4 rings (SSSR count). The predicted octanol–water partition coefficient (Wildman–Crippen LogP) is 3.10. The Balaban J connectivity index is 1.36. The molecule has 1 N–H and O–H groups in total. The van der Waals surface area contributed by atoms with Gasteiger partial charge in [-0.15, -0.1) is 0 Å². The highest BCUT2D eigenvalue weighted by Crippen LogP contribution is 2.23. The maximum atomic E-state index is 13.1. The van der Waals surface area contributed by atoms with E-state index in [4.69, 9.17) is 4.52 Å². The zero-order chi connectivity index (χ0) is 21.1. The number of halogens is 1. The van der Waals surface area contributed by atoms with Crippen LogP contribution >= 0.6 is 0 Å². The number of hydrogen-bond donors (Lipinski definition) is 1. The molecule has 1 aliphatic rings. The Morgan fingerprint density at radius 3 is 2.70 bits per heavy atom. The molecule has 30 heavy (non-hydrogen) atoms. The number of benzene rings is 2. The predicted molar refractivity (Wildman–Crippen MR) is 106 cm³/mol. The summed E-state index contributed by atoms with van der Waals surface area (Å²) < 4.78 is 18.3. The summed E-state index contributed by atoms with van der Waals surface area (Å²) in [4.78, 5) is 31.0. The number of amides is 2. The van der Waals surface area contributed by atoms with Gasteiger partial charge in [0.1, 0.15) is 11.9 Å². The van der Waals surface area contributed by atoms with Gasteiger partial charge in [-0.25, -0.2) is 4.39 Å². The molecule has 0 aliphatic carbocycles. The lowest BCUT2D eigenvalue weighted by Crippen LogP contribution is -2.34. The Hall–Kier alpha value is -3.55. The fourth-order valence-corrected chi connectivity index (χ4v) is 3.42. The van der Waals surface area contributed by atoms with E-state index in [-0.39, 0.29) is 29.9 Å². The minimum atomic E-state index is -0.516. The van der Waals surface area contributed by atoms with E-state index in [9.17, 15) is 14.0 Å². The molecule has 0 spiro atoms. The molecule has 2 amide bonds. The molecule has 2 heterocycles. The normalized spacial score (nSPS) is 17.2. The van der Waals surface area contributed by atoms with Crippen LogP contribution in [0, 0.1) is 11.7 Å². The molecule has 0 saturated carbocycles. The number of hydrogen-bond acceptors (Lipinski definition) is 5. The lowest BCUT2D eigenvalue weighted by molar-refractivity contribution is -0.129. The minimum Gasteiger partial charge on any atom is -0.344 e. The highest BCUT2D eigenvalue weighted by atomic mass is 19.1. The van der Waals surface area contributed by atoms with Crippen molar-refractivity contribution in [3.8, 4) is 11.4 Å². The second kappa shape index (κ2) is 8.44. The molecule has 3 aromatic rings. The molecule has 7 nitrogen and oxygen atoms in total. The number of aromatic nitrogens is 2. The summed E-state index contributed by atoms with van der Waals surface area (Å²) in [5, 5.41) is 6.73. The summed E-state index contributed by atoms with van der Waals surface area (Å²) in [5.74, 6) is -0.487. The van der Waals surface area contributed by atoms with Gasteiger partial charge in [-0.3, -0.25) is 9.59 Å². The topological polar surface area (TPSA) is 88.3 Å². The molecule has 1 fully saturated rings. The van der Waals surface area contributed by atoms with Crippen molar-refractivity contribution in [2.75, 3.05) is 6.54 Å².